The Labute approximate surface area is 189 Å². The molecule has 7 nitrogen and oxygen atoms in total. The highest BCUT2D eigenvalue weighted by atomic mass is 35.5. The molecule has 3 heterocycles. The molecule has 0 bridgehead atoms. The molecule has 2 fully saturated rings. The van der Waals surface area contributed by atoms with Gasteiger partial charge in [0.2, 0.25) is 5.91 Å². The minimum atomic E-state index is -0.324. The zero-order chi connectivity index (χ0) is 21.8. The summed E-state index contributed by atoms with van der Waals surface area (Å²) in [6.07, 6.45) is 4.69. The first-order valence-electron chi connectivity index (χ1n) is 10.9. The molecule has 1 amide bonds. The zero-order valence-corrected chi connectivity index (χ0v) is 18.1. The number of nitrogens with zero attached hydrogens (tertiary/aromatic N) is 3. The van der Waals surface area contributed by atoms with Crippen LogP contribution in [0, 0.1) is 5.92 Å². The van der Waals surface area contributed by atoms with Gasteiger partial charge < -0.3 is 9.88 Å². The molecular weight excluding hydrogens is 426 g/mol. The van der Waals surface area contributed by atoms with Crippen molar-refractivity contribution in [2.45, 2.75) is 25.2 Å². The van der Waals surface area contributed by atoms with Crippen molar-refractivity contribution in [3.8, 4) is 16.8 Å². The topological polar surface area (TPSA) is 86.8 Å². The number of aromatic amines is 2. The second kappa shape index (κ2) is 7.38. The fourth-order valence-electron chi connectivity index (χ4n) is 4.68. The maximum absolute atomic E-state index is 12.7. The summed E-state index contributed by atoms with van der Waals surface area (Å²) in [6.45, 7) is 1.29. The van der Waals surface area contributed by atoms with Crippen molar-refractivity contribution >= 4 is 28.4 Å². The third kappa shape index (κ3) is 3.24. The Kier molecular flexibility index (Phi) is 4.47. The average Bonchev–Trinajstić information content (AvgIpc) is 3.18. The number of fused-ring (bicyclic) bond motifs is 1. The quantitative estimate of drug-likeness (QED) is 0.494. The van der Waals surface area contributed by atoms with Gasteiger partial charge >= 0.3 is 5.69 Å². The number of rotatable bonds is 4. The van der Waals surface area contributed by atoms with Gasteiger partial charge in [0.25, 0.3) is 0 Å². The number of nitrogens with one attached hydrogen (secondary N) is 2. The van der Waals surface area contributed by atoms with Crippen molar-refractivity contribution in [1.29, 1.82) is 0 Å². The van der Waals surface area contributed by atoms with Crippen LogP contribution in [0.25, 0.3) is 27.7 Å². The van der Waals surface area contributed by atoms with Crippen molar-refractivity contribution in [2.24, 2.45) is 5.92 Å². The van der Waals surface area contributed by atoms with E-state index in [1.807, 2.05) is 47.5 Å². The SMILES string of the molecule is O=C(C1CC1)N1CCC(c2n[nH]c(=O)n2-c2ccc(-c3ccc4[nH]ccc4c3)cc2Cl)C1. The van der Waals surface area contributed by atoms with Crippen molar-refractivity contribution in [2.75, 3.05) is 13.1 Å². The molecule has 1 aliphatic heterocycles. The first-order valence-corrected chi connectivity index (χ1v) is 11.3. The van der Waals surface area contributed by atoms with Gasteiger partial charge in [-0.15, -0.1) is 0 Å². The van der Waals surface area contributed by atoms with E-state index in [2.05, 4.69) is 21.2 Å². The van der Waals surface area contributed by atoms with Gasteiger partial charge in [-0.05, 0) is 66.1 Å². The van der Waals surface area contributed by atoms with Crippen LogP contribution in [0.1, 0.15) is 31.0 Å². The van der Waals surface area contributed by atoms with Gasteiger partial charge in [-0.2, -0.15) is 5.10 Å². The van der Waals surface area contributed by atoms with Crippen LogP contribution in [0.15, 0.2) is 53.5 Å². The molecule has 2 aliphatic rings. The molecule has 1 saturated carbocycles. The van der Waals surface area contributed by atoms with Crippen LogP contribution >= 0.6 is 11.6 Å². The lowest BCUT2D eigenvalue weighted by Gasteiger charge is -2.16. The van der Waals surface area contributed by atoms with E-state index in [-0.39, 0.29) is 23.4 Å². The van der Waals surface area contributed by atoms with Crippen molar-refractivity contribution < 1.29 is 4.79 Å². The predicted molar refractivity (Wildman–Crippen MR) is 123 cm³/mol. The summed E-state index contributed by atoms with van der Waals surface area (Å²) in [4.78, 5) is 30.2. The van der Waals surface area contributed by atoms with Crippen molar-refractivity contribution in [3.05, 3.63) is 70.0 Å². The lowest BCUT2D eigenvalue weighted by molar-refractivity contribution is -0.131. The molecule has 162 valence electrons. The highest BCUT2D eigenvalue weighted by Gasteiger charge is 2.38. The predicted octanol–water partition coefficient (Wildman–Crippen LogP) is 4.09. The van der Waals surface area contributed by atoms with Crippen molar-refractivity contribution in [1.82, 2.24) is 24.6 Å². The molecule has 8 heteroatoms. The third-order valence-corrected chi connectivity index (χ3v) is 6.87. The molecule has 1 aliphatic carbocycles. The van der Waals surface area contributed by atoms with E-state index in [0.29, 0.717) is 29.6 Å². The maximum Gasteiger partial charge on any atom is 0.348 e. The van der Waals surface area contributed by atoms with Crippen LogP contribution < -0.4 is 5.69 Å². The van der Waals surface area contributed by atoms with Crippen molar-refractivity contribution in [3.63, 3.8) is 0 Å². The van der Waals surface area contributed by atoms with E-state index < -0.39 is 0 Å². The van der Waals surface area contributed by atoms with Crippen LogP contribution in [-0.2, 0) is 4.79 Å². The lowest BCUT2D eigenvalue weighted by atomic mass is 10.0. The number of hydrogen-bond acceptors (Lipinski definition) is 3. The molecule has 0 spiro atoms. The van der Waals surface area contributed by atoms with Crippen LogP contribution in [0.2, 0.25) is 5.02 Å². The Morgan fingerprint density at radius 1 is 1.06 bits per heavy atom. The standard InChI is InChI=1S/C24H22ClN5O2/c25-19-12-16(15-3-5-20-17(11-15)7-9-26-20)4-6-21(19)30-22(27-28-24(30)32)18-8-10-29(13-18)23(31)14-1-2-14/h3-7,9,11-12,14,18,26H,1-2,8,10,13H2,(H,28,32). The molecule has 2 aromatic heterocycles. The fraction of sp³-hybridized carbons (Fsp3) is 0.292. The monoisotopic (exact) mass is 447 g/mol. The largest absolute Gasteiger partial charge is 0.361 e. The van der Waals surface area contributed by atoms with E-state index >= 15 is 0 Å². The number of carbonyl (C=O) groups excluding carboxylic acids is 1. The Morgan fingerprint density at radius 2 is 1.88 bits per heavy atom. The number of hydrogen-bond donors (Lipinski definition) is 2. The fourth-order valence-corrected chi connectivity index (χ4v) is 4.94. The molecule has 32 heavy (non-hydrogen) atoms. The van der Waals surface area contributed by atoms with Crippen LogP contribution in [0.4, 0.5) is 0 Å². The molecule has 4 aromatic rings. The average molecular weight is 448 g/mol. The summed E-state index contributed by atoms with van der Waals surface area (Å²) in [5.41, 5.74) is 3.38. The molecule has 0 radical (unpaired) electrons. The van der Waals surface area contributed by atoms with E-state index in [1.165, 1.54) is 0 Å². The summed E-state index contributed by atoms with van der Waals surface area (Å²) in [5.74, 6) is 1.06. The Hall–Kier alpha value is -3.32. The maximum atomic E-state index is 12.7. The number of H-pyrrole nitrogens is 2. The number of carbonyl (C=O) groups is 1. The zero-order valence-electron chi connectivity index (χ0n) is 17.3. The number of aromatic nitrogens is 4. The summed E-state index contributed by atoms with van der Waals surface area (Å²) >= 11 is 6.68. The first-order chi connectivity index (χ1) is 15.6. The second-order valence-electron chi connectivity index (χ2n) is 8.71. The molecule has 1 saturated heterocycles. The first kappa shape index (κ1) is 19.4. The Morgan fingerprint density at radius 3 is 2.69 bits per heavy atom. The minimum absolute atomic E-state index is 0.00314. The van der Waals surface area contributed by atoms with Gasteiger partial charge in [0.05, 0.1) is 10.7 Å². The van der Waals surface area contributed by atoms with E-state index in [1.54, 1.807) is 4.57 Å². The second-order valence-corrected chi connectivity index (χ2v) is 9.12. The van der Waals surface area contributed by atoms with Gasteiger partial charge in [0, 0.05) is 36.6 Å². The van der Waals surface area contributed by atoms with Crippen LogP contribution in [0.3, 0.4) is 0 Å². The number of amides is 1. The van der Waals surface area contributed by atoms with Crippen LogP contribution in [0.5, 0.6) is 0 Å². The van der Waals surface area contributed by atoms with Gasteiger partial charge in [0.15, 0.2) is 0 Å². The molecule has 2 N–H and O–H groups in total. The minimum Gasteiger partial charge on any atom is -0.361 e. The van der Waals surface area contributed by atoms with Gasteiger partial charge in [0.1, 0.15) is 5.82 Å². The van der Waals surface area contributed by atoms with E-state index in [0.717, 1.165) is 41.3 Å². The number of likely N-dealkylation sites (tertiary alicyclic amines) is 1. The van der Waals surface area contributed by atoms with Gasteiger partial charge in [-0.1, -0.05) is 23.7 Å². The Balaban J connectivity index is 1.32. The highest BCUT2D eigenvalue weighted by molar-refractivity contribution is 6.32. The normalized spacial score (nSPS) is 18.5. The smallest absolute Gasteiger partial charge is 0.348 e. The number of benzene rings is 2. The number of halogens is 1. The van der Waals surface area contributed by atoms with Gasteiger partial charge in [-0.3, -0.25) is 4.79 Å². The molecular formula is C24H22ClN5O2. The summed E-state index contributed by atoms with van der Waals surface area (Å²) in [6, 6.07) is 13.9. The molecule has 1 atom stereocenters. The Bertz CT molecular complexity index is 1400. The molecule has 2 aromatic carbocycles. The molecule has 1 unspecified atom stereocenters. The summed E-state index contributed by atoms with van der Waals surface area (Å²) < 4.78 is 1.55. The lowest BCUT2D eigenvalue weighted by Crippen LogP contribution is -2.30. The summed E-state index contributed by atoms with van der Waals surface area (Å²) in [7, 11) is 0. The highest BCUT2D eigenvalue weighted by Crippen LogP contribution is 2.36. The van der Waals surface area contributed by atoms with Crippen LogP contribution in [-0.4, -0.2) is 43.6 Å². The van der Waals surface area contributed by atoms with Gasteiger partial charge in [-0.25, -0.2) is 14.5 Å². The molecule has 6 rings (SSSR count). The van der Waals surface area contributed by atoms with E-state index in [9.17, 15) is 9.59 Å². The summed E-state index contributed by atoms with van der Waals surface area (Å²) in [5, 5.41) is 8.48. The van der Waals surface area contributed by atoms with E-state index in [4.69, 9.17) is 11.6 Å². The third-order valence-electron chi connectivity index (χ3n) is 6.57.